The quantitative estimate of drug-likeness (QED) is 0.815. The van der Waals surface area contributed by atoms with E-state index in [-0.39, 0.29) is 5.56 Å². The molecule has 1 aromatic carbocycles. The number of nitrogens with two attached hydrogens (primary N) is 1. The van der Waals surface area contributed by atoms with Gasteiger partial charge in [0.2, 0.25) is 0 Å². The molecule has 2 N–H and O–H groups in total. The van der Waals surface area contributed by atoms with Gasteiger partial charge < -0.3 is 10.3 Å². The number of nitrogens with zero attached hydrogens (tertiary/aromatic N) is 1. The zero-order valence-electron chi connectivity index (χ0n) is 12.9. The van der Waals surface area contributed by atoms with E-state index in [4.69, 9.17) is 5.73 Å². The van der Waals surface area contributed by atoms with Crippen molar-refractivity contribution < 1.29 is 0 Å². The number of nitrogen functional groups attached to an aromatic ring is 1. The number of hydrogen-bond acceptors (Lipinski definition) is 2. The van der Waals surface area contributed by atoms with Gasteiger partial charge in [0.05, 0.1) is 0 Å². The number of hydrogen-bond donors (Lipinski definition) is 1. The Morgan fingerprint density at radius 3 is 2.48 bits per heavy atom. The first-order valence-electron chi connectivity index (χ1n) is 7.70. The van der Waals surface area contributed by atoms with Crippen molar-refractivity contribution in [2.45, 2.75) is 46.1 Å². The lowest BCUT2D eigenvalue weighted by Gasteiger charge is -2.14. The summed E-state index contributed by atoms with van der Waals surface area (Å²) in [6.45, 7) is 4.84. The maximum absolute atomic E-state index is 12.3. The second-order valence-electron chi connectivity index (χ2n) is 5.51. The molecule has 0 aliphatic heterocycles. The summed E-state index contributed by atoms with van der Waals surface area (Å²) in [6, 6.07) is 10.1. The number of aryl methyl sites for hydroxylation is 1. The molecular formula is C18H24N2O. The molecule has 1 aromatic heterocycles. The summed E-state index contributed by atoms with van der Waals surface area (Å²) in [5.74, 6) is 0. The van der Waals surface area contributed by atoms with Gasteiger partial charge in [0.25, 0.3) is 5.56 Å². The van der Waals surface area contributed by atoms with Gasteiger partial charge in [-0.05, 0) is 24.5 Å². The van der Waals surface area contributed by atoms with Crippen LogP contribution in [0.2, 0.25) is 0 Å². The molecule has 3 heteroatoms. The smallest absolute Gasteiger partial charge is 0.273 e. The third-order valence-corrected chi connectivity index (χ3v) is 3.92. The Balaban J connectivity index is 2.34. The van der Waals surface area contributed by atoms with Crippen molar-refractivity contribution in [2.24, 2.45) is 0 Å². The predicted molar refractivity (Wildman–Crippen MR) is 89.4 cm³/mol. The Morgan fingerprint density at radius 2 is 1.81 bits per heavy atom. The highest BCUT2D eigenvalue weighted by Gasteiger charge is 2.11. The van der Waals surface area contributed by atoms with Crippen molar-refractivity contribution in [1.29, 1.82) is 0 Å². The fourth-order valence-electron chi connectivity index (χ4n) is 2.56. The van der Waals surface area contributed by atoms with Crippen LogP contribution in [0.5, 0.6) is 0 Å². The first-order chi connectivity index (χ1) is 10.1. The van der Waals surface area contributed by atoms with Crippen LogP contribution >= 0.6 is 0 Å². The van der Waals surface area contributed by atoms with E-state index in [9.17, 15) is 4.79 Å². The van der Waals surface area contributed by atoms with Crippen LogP contribution in [0.15, 0.2) is 41.3 Å². The van der Waals surface area contributed by atoms with E-state index in [1.165, 1.54) is 12.8 Å². The van der Waals surface area contributed by atoms with Crippen molar-refractivity contribution in [3.63, 3.8) is 0 Å². The first kappa shape index (κ1) is 15.4. The van der Waals surface area contributed by atoms with E-state index in [2.05, 4.69) is 6.92 Å². The van der Waals surface area contributed by atoms with Gasteiger partial charge in [0.15, 0.2) is 0 Å². The molecule has 0 saturated carbocycles. The van der Waals surface area contributed by atoms with E-state index in [0.29, 0.717) is 5.69 Å². The van der Waals surface area contributed by atoms with E-state index >= 15 is 0 Å². The molecule has 0 saturated heterocycles. The summed E-state index contributed by atoms with van der Waals surface area (Å²) in [6.07, 6.45) is 6.53. The molecule has 0 spiro atoms. The number of rotatable bonds is 6. The Hall–Kier alpha value is -2.03. The summed E-state index contributed by atoms with van der Waals surface area (Å²) in [5.41, 5.74) is 9.34. The maximum atomic E-state index is 12.3. The summed E-state index contributed by atoms with van der Waals surface area (Å²) in [5, 5.41) is 0. The molecule has 0 unspecified atom stereocenters. The highest BCUT2D eigenvalue weighted by molar-refractivity contribution is 5.71. The molecular weight excluding hydrogens is 260 g/mol. The number of pyridine rings is 1. The lowest BCUT2D eigenvalue weighted by atomic mass is 10.0. The minimum atomic E-state index is -0.0660. The standard InChI is InChI=1S/C18H24N2O/c1-3-4-5-9-12-20-13-16(14(2)17(19)18(20)21)15-10-7-6-8-11-15/h6-8,10-11,13H,3-5,9,12,19H2,1-2H3. The monoisotopic (exact) mass is 284 g/mol. The van der Waals surface area contributed by atoms with Crippen molar-refractivity contribution in [2.75, 3.05) is 5.73 Å². The molecule has 0 fully saturated rings. The van der Waals surface area contributed by atoms with Crippen LogP contribution in [0, 0.1) is 6.92 Å². The van der Waals surface area contributed by atoms with Gasteiger partial charge >= 0.3 is 0 Å². The summed E-state index contributed by atoms with van der Waals surface area (Å²) in [4.78, 5) is 12.3. The number of anilines is 1. The zero-order chi connectivity index (χ0) is 15.2. The Bertz CT molecular complexity index is 644. The van der Waals surface area contributed by atoms with Crippen LogP contribution in [0.1, 0.15) is 38.2 Å². The van der Waals surface area contributed by atoms with Crippen LogP contribution < -0.4 is 11.3 Å². The maximum Gasteiger partial charge on any atom is 0.273 e. The lowest BCUT2D eigenvalue weighted by molar-refractivity contribution is 0.571. The minimum absolute atomic E-state index is 0.0660. The fraction of sp³-hybridized carbons (Fsp3) is 0.389. The van der Waals surface area contributed by atoms with Crippen molar-refractivity contribution in [3.05, 3.63) is 52.4 Å². The molecule has 1 heterocycles. The van der Waals surface area contributed by atoms with Crippen molar-refractivity contribution in [1.82, 2.24) is 4.57 Å². The second kappa shape index (κ2) is 7.11. The van der Waals surface area contributed by atoms with E-state index in [0.717, 1.165) is 36.1 Å². The van der Waals surface area contributed by atoms with Crippen LogP contribution in [0.25, 0.3) is 11.1 Å². The second-order valence-corrected chi connectivity index (χ2v) is 5.51. The molecule has 2 rings (SSSR count). The van der Waals surface area contributed by atoms with Gasteiger partial charge in [-0.3, -0.25) is 4.79 Å². The molecule has 21 heavy (non-hydrogen) atoms. The Morgan fingerprint density at radius 1 is 1.10 bits per heavy atom. The number of unbranched alkanes of at least 4 members (excludes halogenated alkanes) is 3. The largest absolute Gasteiger partial charge is 0.394 e. The van der Waals surface area contributed by atoms with Gasteiger partial charge in [0.1, 0.15) is 5.69 Å². The molecule has 3 nitrogen and oxygen atoms in total. The Labute approximate surface area is 126 Å². The molecule has 0 amide bonds. The third-order valence-electron chi connectivity index (χ3n) is 3.92. The van der Waals surface area contributed by atoms with E-state index in [1.807, 2.05) is 43.5 Å². The first-order valence-corrected chi connectivity index (χ1v) is 7.70. The number of aromatic nitrogens is 1. The van der Waals surface area contributed by atoms with Crippen LogP contribution in [0.3, 0.4) is 0 Å². The molecule has 0 bridgehead atoms. The van der Waals surface area contributed by atoms with Gasteiger partial charge in [-0.1, -0.05) is 56.5 Å². The average Bonchev–Trinajstić information content (AvgIpc) is 2.52. The zero-order valence-corrected chi connectivity index (χ0v) is 12.9. The van der Waals surface area contributed by atoms with Crippen LogP contribution in [-0.2, 0) is 6.54 Å². The third kappa shape index (κ3) is 3.54. The predicted octanol–water partition coefficient (Wildman–Crippen LogP) is 3.99. The molecule has 0 aliphatic rings. The van der Waals surface area contributed by atoms with Gasteiger partial charge in [-0.25, -0.2) is 0 Å². The molecule has 2 aromatic rings. The topological polar surface area (TPSA) is 48.0 Å². The summed E-state index contributed by atoms with van der Waals surface area (Å²) in [7, 11) is 0. The average molecular weight is 284 g/mol. The Kier molecular flexibility index (Phi) is 5.20. The SMILES string of the molecule is CCCCCCn1cc(-c2ccccc2)c(C)c(N)c1=O. The van der Waals surface area contributed by atoms with Crippen LogP contribution in [-0.4, -0.2) is 4.57 Å². The highest BCUT2D eigenvalue weighted by atomic mass is 16.1. The van der Waals surface area contributed by atoms with Crippen molar-refractivity contribution >= 4 is 5.69 Å². The highest BCUT2D eigenvalue weighted by Crippen LogP contribution is 2.24. The fourth-order valence-corrected chi connectivity index (χ4v) is 2.56. The minimum Gasteiger partial charge on any atom is -0.394 e. The lowest BCUT2D eigenvalue weighted by Crippen LogP contribution is -2.24. The summed E-state index contributed by atoms with van der Waals surface area (Å²) >= 11 is 0. The van der Waals surface area contributed by atoms with Crippen molar-refractivity contribution in [3.8, 4) is 11.1 Å². The van der Waals surface area contributed by atoms with E-state index < -0.39 is 0 Å². The molecule has 0 radical (unpaired) electrons. The number of benzene rings is 1. The van der Waals surface area contributed by atoms with Gasteiger partial charge in [-0.15, -0.1) is 0 Å². The normalized spacial score (nSPS) is 10.8. The van der Waals surface area contributed by atoms with E-state index in [1.54, 1.807) is 4.57 Å². The van der Waals surface area contributed by atoms with Gasteiger partial charge in [-0.2, -0.15) is 0 Å². The van der Waals surface area contributed by atoms with Gasteiger partial charge in [0, 0.05) is 18.3 Å². The molecule has 112 valence electrons. The molecule has 0 aliphatic carbocycles. The summed E-state index contributed by atoms with van der Waals surface area (Å²) < 4.78 is 1.76. The molecule has 0 atom stereocenters. The van der Waals surface area contributed by atoms with Crippen LogP contribution in [0.4, 0.5) is 5.69 Å².